The second-order valence-corrected chi connectivity index (χ2v) is 9.05. The Bertz CT molecular complexity index is 1430. The lowest BCUT2D eigenvalue weighted by atomic mass is 9.95. The number of para-hydroxylation sites is 1. The topological polar surface area (TPSA) is 75.1 Å². The largest absolute Gasteiger partial charge is 0.440 e. The molecule has 2 aromatic heterocycles. The van der Waals surface area contributed by atoms with E-state index in [4.69, 9.17) is 16.0 Å². The average molecular weight is 498 g/mol. The van der Waals surface area contributed by atoms with Crippen LogP contribution in [-0.4, -0.2) is 22.6 Å². The molecule has 5 rings (SSSR count). The van der Waals surface area contributed by atoms with Gasteiger partial charge in [-0.25, -0.2) is 4.98 Å². The van der Waals surface area contributed by atoms with E-state index in [1.54, 1.807) is 13.1 Å². The van der Waals surface area contributed by atoms with Crippen molar-refractivity contribution in [1.82, 2.24) is 9.55 Å². The van der Waals surface area contributed by atoms with Gasteiger partial charge in [-0.05, 0) is 53.0 Å². The zero-order chi connectivity index (χ0) is 21.7. The highest BCUT2D eigenvalue weighted by molar-refractivity contribution is 9.10. The summed E-state index contributed by atoms with van der Waals surface area (Å²) in [5, 5.41) is 11.3. The van der Waals surface area contributed by atoms with Gasteiger partial charge in [0.15, 0.2) is 11.5 Å². The Labute approximate surface area is 191 Å². The van der Waals surface area contributed by atoms with E-state index in [1.165, 1.54) is 4.57 Å². The highest BCUT2D eigenvalue weighted by Gasteiger charge is 2.28. The number of anilines is 1. The van der Waals surface area contributed by atoms with E-state index in [0.29, 0.717) is 29.7 Å². The average Bonchev–Trinajstić information content (AvgIpc) is 3.19. The van der Waals surface area contributed by atoms with E-state index in [-0.39, 0.29) is 17.0 Å². The second-order valence-electron chi connectivity index (χ2n) is 7.76. The molecule has 0 saturated carbocycles. The van der Waals surface area contributed by atoms with Crippen LogP contribution in [0.3, 0.4) is 0 Å². The van der Waals surface area contributed by atoms with Crippen LogP contribution in [0.5, 0.6) is 0 Å². The highest BCUT2D eigenvalue weighted by Crippen LogP contribution is 2.37. The van der Waals surface area contributed by atoms with Gasteiger partial charge in [0.05, 0.1) is 11.2 Å². The number of aromatic nitrogens is 2. The van der Waals surface area contributed by atoms with Crippen molar-refractivity contribution in [3.8, 4) is 6.07 Å². The van der Waals surface area contributed by atoms with Crippen molar-refractivity contribution in [1.29, 1.82) is 5.26 Å². The molecule has 0 amide bonds. The van der Waals surface area contributed by atoms with Gasteiger partial charge in [0, 0.05) is 40.9 Å². The summed E-state index contributed by atoms with van der Waals surface area (Å²) >= 11 is 9.62. The lowest BCUT2D eigenvalue weighted by molar-refractivity contribution is 0.407. The van der Waals surface area contributed by atoms with Gasteiger partial charge in [-0.2, -0.15) is 5.26 Å². The number of nitrogens with zero attached hydrogens (tertiary/aromatic N) is 4. The minimum absolute atomic E-state index is 0.178. The molecule has 3 heterocycles. The van der Waals surface area contributed by atoms with Crippen molar-refractivity contribution in [2.45, 2.75) is 18.8 Å². The number of halogens is 2. The van der Waals surface area contributed by atoms with Gasteiger partial charge in [-0.15, -0.1) is 0 Å². The number of benzene rings is 2. The fourth-order valence-corrected chi connectivity index (χ4v) is 5.22. The molecule has 0 unspecified atom stereocenters. The molecule has 0 radical (unpaired) electrons. The van der Waals surface area contributed by atoms with Crippen molar-refractivity contribution in [2.24, 2.45) is 7.05 Å². The Morgan fingerprint density at radius 1 is 1.26 bits per heavy atom. The Hall–Kier alpha value is -2.82. The van der Waals surface area contributed by atoms with Crippen molar-refractivity contribution >= 4 is 55.2 Å². The summed E-state index contributed by atoms with van der Waals surface area (Å²) in [4.78, 5) is 19.7. The summed E-state index contributed by atoms with van der Waals surface area (Å²) in [6.45, 7) is 1.40. The van der Waals surface area contributed by atoms with E-state index in [1.807, 2.05) is 30.3 Å². The van der Waals surface area contributed by atoms with Crippen LogP contribution in [0.4, 0.5) is 5.69 Å². The third-order valence-corrected chi connectivity index (χ3v) is 6.85. The molecule has 0 atom stereocenters. The zero-order valence-corrected chi connectivity index (χ0v) is 19.1. The van der Waals surface area contributed by atoms with E-state index in [2.05, 4.69) is 31.9 Å². The summed E-state index contributed by atoms with van der Waals surface area (Å²) in [6, 6.07) is 13.4. The molecule has 0 N–H and O–H groups in total. The van der Waals surface area contributed by atoms with Crippen molar-refractivity contribution < 1.29 is 4.42 Å². The molecular formula is C23H18BrClN4O2. The van der Waals surface area contributed by atoms with Crippen LogP contribution >= 0.6 is 27.5 Å². The fourth-order valence-electron chi connectivity index (χ4n) is 4.42. The van der Waals surface area contributed by atoms with Crippen LogP contribution in [0.1, 0.15) is 30.2 Å². The van der Waals surface area contributed by atoms with E-state index in [0.717, 1.165) is 39.3 Å². The second kappa shape index (κ2) is 7.70. The quantitative estimate of drug-likeness (QED) is 0.373. The van der Waals surface area contributed by atoms with Crippen molar-refractivity contribution in [3.05, 3.63) is 67.7 Å². The fraction of sp³-hybridized carbons (Fsp3) is 0.261. The van der Waals surface area contributed by atoms with Gasteiger partial charge in [0.2, 0.25) is 0 Å². The predicted octanol–water partition coefficient (Wildman–Crippen LogP) is 5.35. The lowest BCUT2D eigenvalue weighted by Crippen LogP contribution is -2.36. The van der Waals surface area contributed by atoms with Gasteiger partial charge < -0.3 is 13.9 Å². The molecule has 0 spiro atoms. The smallest absolute Gasteiger partial charge is 0.270 e. The summed E-state index contributed by atoms with van der Waals surface area (Å²) in [6.07, 6.45) is 1.63. The molecule has 1 aliphatic heterocycles. The Morgan fingerprint density at radius 3 is 2.77 bits per heavy atom. The molecule has 8 heteroatoms. The minimum Gasteiger partial charge on any atom is -0.440 e. The number of oxazole rings is 1. The Kier molecular flexibility index (Phi) is 4.99. The SMILES string of the molecule is Cn1c(=O)c(C#N)c(N2CCC(c3nc4cc(Cl)ccc4o3)CC2)c2cccc(Br)c21. The maximum absolute atomic E-state index is 12.9. The number of hydrogen-bond donors (Lipinski definition) is 0. The van der Waals surface area contributed by atoms with Crippen molar-refractivity contribution in [3.63, 3.8) is 0 Å². The molecule has 2 aromatic carbocycles. The van der Waals surface area contributed by atoms with Crippen LogP contribution < -0.4 is 10.5 Å². The summed E-state index contributed by atoms with van der Waals surface area (Å²) in [5.74, 6) is 0.895. The molecular weight excluding hydrogens is 480 g/mol. The molecule has 1 fully saturated rings. The first-order valence-corrected chi connectivity index (χ1v) is 11.2. The monoisotopic (exact) mass is 496 g/mol. The first-order valence-electron chi connectivity index (χ1n) is 10.00. The van der Waals surface area contributed by atoms with Crippen LogP contribution in [0.2, 0.25) is 5.02 Å². The third-order valence-electron chi connectivity index (χ3n) is 5.97. The number of piperidine rings is 1. The minimum atomic E-state index is -0.283. The number of aryl methyl sites for hydroxylation is 1. The predicted molar refractivity (Wildman–Crippen MR) is 125 cm³/mol. The Morgan fingerprint density at radius 2 is 2.03 bits per heavy atom. The summed E-state index contributed by atoms with van der Waals surface area (Å²) in [5.41, 5.74) is 2.90. The van der Waals surface area contributed by atoms with Gasteiger partial charge >= 0.3 is 0 Å². The lowest BCUT2D eigenvalue weighted by Gasteiger charge is -2.33. The maximum Gasteiger partial charge on any atom is 0.270 e. The number of nitriles is 1. The van der Waals surface area contributed by atoms with Crippen LogP contribution in [0.25, 0.3) is 22.0 Å². The number of pyridine rings is 1. The van der Waals surface area contributed by atoms with Crippen molar-refractivity contribution in [2.75, 3.05) is 18.0 Å². The molecule has 1 saturated heterocycles. The first kappa shape index (κ1) is 20.1. The zero-order valence-electron chi connectivity index (χ0n) is 16.7. The number of hydrogen-bond acceptors (Lipinski definition) is 5. The van der Waals surface area contributed by atoms with Gasteiger partial charge in [0.1, 0.15) is 17.1 Å². The number of rotatable bonds is 2. The van der Waals surface area contributed by atoms with E-state index < -0.39 is 0 Å². The molecule has 0 aliphatic carbocycles. The van der Waals surface area contributed by atoms with Crippen LogP contribution in [0, 0.1) is 11.3 Å². The molecule has 31 heavy (non-hydrogen) atoms. The standard InChI is InChI=1S/C23H18BrClN4O2/c1-28-21-15(3-2-4-17(21)24)20(16(12-26)23(28)30)29-9-7-13(8-10-29)22-27-18-11-14(25)5-6-19(18)31-22/h2-6,11,13H,7-10H2,1H3. The molecule has 0 bridgehead atoms. The summed E-state index contributed by atoms with van der Waals surface area (Å²) < 4.78 is 8.34. The van der Waals surface area contributed by atoms with Crippen LogP contribution in [-0.2, 0) is 7.05 Å². The molecule has 6 nitrogen and oxygen atoms in total. The van der Waals surface area contributed by atoms with Gasteiger partial charge in [-0.3, -0.25) is 4.79 Å². The van der Waals surface area contributed by atoms with Gasteiger partial charge in [-0.1, -0.05) is 23.7 Å². The van der Waals surface area contributed by atoms with Gasteiger partial charge in [0.25, 0.3) is 5.56 Å². The third kappa shape index (κ3) is 3.31. The normalized spacial score (nSPS) is 15.0. The van der Waals surface area contributed by atoms with E-state index >= 15 is 0 Å². The first-order chi connectivity index (χ1) is 15.0. The highest BCUT2D eigenvalue weighted by atomic mass is 79.9. The molecule has 1 aliphatic rings. The Balaban J connectivity index is 1.50. The van der Waals surface area contributed by atoms with E-state index in [9.17, 15) is 10.1 Å². The maximum atomic E-state index is 12.9. The van der Waals surface area contributed by atoms with Crippen LogP contribution in [0.15, 0.2) is 50.1 Å². The summed E-state index contributed by atoms with van der Waals surface area (Å²) in [7, 11) is 1.70. The molecule has 156 valence electrons. The molecule has 4 aromatic rings. The number of fused-ring (bicyclic) bond motifs is 2.